The zero-order valence-corrected chi connectivity index (χ0v) is 12.1. The van der Waals surface area contributed by atoms with Gasteiger partial charge in [-0.15, -0.1) is 0 Å². The van der Waals surface area contributed by atoms with Crippen molar-refractivity contribution < 1.29 is 14.3 Å². The van der Waals surface area contributed by atoms with Gasteiger partial charge in [0.1, 0.15) is 5.75 Å². The molecule has 0 fully saturated rings. The summed E-state index contributed by atoms with van der Waals surface area (Å²) in [6, 6.07) is 5.44. The van der Waals surface area contributed by atoms with Gasteiger partial charge in [-0.25, -0.2) is 0 Å². The largest absolute Gasteiger partial charge is 0.483 e. The normalized spacial score (nSPS) is 13.4. The van der Waals surface area contributed by atoms with Crippen LogP contribution in [0.15, 0.2) is 18.2 Å². The molecule has 1 aromatic carbocycles. The summed E-state index contributed by atoms with van der Waals surface area (Å²) in [6.45, 7) is 4.91. The molecule has 1 amide bonds. The zero-order chi connectivity index (χ0) is 14.5. The summed E-state index contributed by atoms with van der Waals surface area (Å²) < 4.78 is 5.55. The number of amides is 1. The van der Waals surface area contributed by atoms with Crippen molar-refractivity contribution in [1.29, 1.82) is 0 Å². The second-order valence-electron chi connectivity index (χ2n) is 5.53. The van der Waals surface area contributed by atoms with E-state index in [1.165, 1.54) is 0 Å². The molecule has 4 nitrogen and oxygen atoms in total. The summed E-state index contributed by atoms with van der Waals surface area (Å²) >= 11 is 0. The van der Waals surface area contributed by atoms with Crippen LogP contribution in [0.5, 0.6) is 5.75 Å². The van der Waals surface area contributed by atoms with E-state index in [1.54, 1.807) is 6.07 Å². The molecule has 4 heteroatoms. The Morgan fingerprint density at radius 3 is 2.90 bits per heavy atom. The van der Waals surface area contributed by atoms with E-state index in [2.05, 4.69) is 19.2 Å². The summed E-state index contributed by atoms with van der Waals surface area (Å²) in [4.78, 5) is 23.3. The van der Waals surface area contributed by atoms with E-state index in [-0.39, 0.29) is 18.3 Å². The van der Waals surface area contributed by atoms with Crippen LogP contribution in [0.25, 0.3) is 0 Å². The molecule has 0 radical (unpaired) electrons. The molecule has 0 aliphatic heterocycles. The monoisotopic (exact) mass is 275 g/mol. The quantitative estimate of drug-likeness (QED) is 0.867. The van der Waals surface area contributed by atoms with Crippen LogP contribution in [0.2, 0.25) is 0 Å². The van der Waals surface area contributed by atoms with E-state index >= 15 is 0 Å². The van der Waals surface area contributed by atoms with Gasteiger partial charge in [0.25, 0.3) is 5.91 Å². The number of rotatable bonds is 6. The number of carbonyl (C=O) groups is 2. The molecule has 2 rings (SSSR count). The van der Waals surface area contributed by atoms with E-state index in [4.69, 9.17) is 4.74 Å². The van der Waals surface area contributed by atoms with Gasteiger partial charge in [-0.3, -0.25) is 9.59 Å². The fourth-order valence-corrected chi connectivity index (χ4v) is 2.29. The van der Waals surface area contributed by atoms with Crippen molar-refractivity contribution in [3.8, 4) is 5.75 Å². The molecule has 0 saturated carbocycles. The Kier molecular flexibility index (Phi) is 4.77. The molecule has 1 aliphatic carbocycles. The minimum Gasteiger partial charge on any atom is -0.483 e. The molecule has 0 atom stereocenters. The maximum Gasteiger partial charge on any atom is 0.257 e. The number of ketones is 1. The molecule has 108 valence electrons. The smallest absolute Gasteiger partial charge is 0.257 e. The molecule has 1 aliphatic rings. The maximum atomic E-state index is 11.7. The van der Waals surface area contributed by atoms with Crippen LogP contribution in [-0.4, -0.2) is 24.8 Å². The van der Waals surface area contributed by atoms with Gasteiger partial charge < -0.3 is 10.1 Å². The molecule has 0 aromatic heterocycles. The minimum atomic E-state index is -0.118. The number of carbonyl (C=O) groups excluding carboxylic acids is 2. The van der Waals surface area contributed by atoms with Crippen LogP contribution < -0.4 is 10.1 Å². The van der Waals surface area contributed by atoms with Crippen molar-refractivity contribution in [2.45, 2.75) is 33.1 Å². The van der Waals surface area contributed by atoms with Crippen molar-refractivity contribution in [3.63, 3.8) is 0 Å². The first-order chi connectivity index (χ1) is 9.58. The average molecular weight is 275 g/mol. The van der Waals surface area contributed by atoms with Gasteiger partial charge in [0.2, 0.25) is 0 Å². The minimum absolute atomic E-state index is 0.00272. The Morgan fingerprint density at radius 1 is 1.35 bits per heavy atom. The van der Waals surface area contributed by atoms with Crippen LogP contribution >= 0.6 is 0 Å². The van der Waals surface area contributed by atoms with Crippen LogP contribution in [-0.2, 0) is 11.2 Å². The first-order valence-corrected chi connectivity index (χ1v) is 7.12. The first kappa shape index (κ1) is 14.6. The number of hydrogen-bond donors (Lipinski definition) is 1. The van der Waals surface area contributed by atoms with E-state index in [0.717, 1.165) is 17.5 Å². The Morgan fingerprint density at radius 2 is 2.15 bits per heavy atom. The second kappa shape index (κ2) is 6.55. The van der Waals surface area contributed by atoms with E-state index in [9.17, 15) is 9.59 Å². The second-order valence-corrected chi connectivity index (χ2v) is 5.53. The SMILES string of the molecule is CC(C)CCNC(=O)COc1cccc2c1CCC2=O. The van der Waals surface area contributed by atoms with Crippen molar-refractivity contribution in [3.05, 3.63) is 29.3 Å². The predicted octanol–water partition coefficient (Wildman–Crippen LogP) is 2.36. The number of benzene rings is 1. The van der Waals surface area contributed by atoms with Gasteiger partial charge in [0.05, 0.1) is 0 Å². The predicted molar refractivity (Wildman–Crippen MR) is 77.1 cm³/mol. The van der Waals surface area contributed by atoms with Gasteiger partial charge >= 0.3 is 0 Å². The molecule has 0 saturated heterocycles. The Hall–Kier alpha value is -1.84. The summed E-state index contributed by atoms with van der Waals surface area (Å²) in [5.74, 6) is 1.27. The van der Waals surface area contributed by atoms with Crippen LogP contribution in [0, 0.1) is 5.92 Å². The fourth-order valence-electron chi connectivity index (χ4n) is 2.29. The van der Waals surface area contributed by atoms with Crippen molar-refractivity contribution in [2.75, 3.05) is 13.2 Å². The third kappa shape index (κ3) is 3.59. The summed E-state index contributed by atoms with van der Waals surface area (Å²) in [5.41, 5.74) is 1.68. The first-order valence-electron chi connectivity index (χ1n) is 7.12. The van der Waals surface area contributed by atoms with Crippen LogP contribution in [0.4, 0.5) is 0 Å². The van der Waals surface area contributed by atoms with Gasteiger partial charge in [0.15, 0.2) is 12.4 Å². The van der Waals surface area contributed by atoms with Crippen molar-refractivity contribution in [2.24, 2.45) is 5.92 Å². The third-order valence-corrected chi connectivity index (χ3v) is 3.44. The summed E-state index contributed by atoms with van der Waals surface area (Å²) in [7, 11) is 0. The van der Waals surface area contributed by atoms with Gasteiger partial charge in [-0.2, -0.15) is 0 Å². The fraction of sp³-hybridized carbons (Fsp3) is 0.500. The molecule has 0 heterocycles. The van der Waals surface area contributed by atoms with E-state index < -0.39 is 0 Å². The summed E-state index contributed by atoms with van der Waals surface area (Å²) in [5, 5.41) is 2.83. The molecule has 20 heavy (non-hydrogen) atoms. The van der Waals surface area contributed by atoms with Crippen molar-refractivity contribution >= 4 is 11.7 Å². The molecule has 0 unspecified atom stereocenters. The lowest BCUT2D eigenvalue weighted by atomic mass is 10.1. The Labute approximate surface area is 119 Å². The number of fused-ring (bicyclic) bond motifs is 1. The lowest BCUT2D eigenvalue weighted by Crippen LogP contribution is -2.30. The highest BCUT2D eigenvalue weighted by molar-refractivity contribution is 6.01. The lowest BCUT2D eigenvalue weighted by Gasteiger charge is -2.11. The Balaban J connectivity index is 1.86. The Bertz CT molecular complexity index is 508. The number of Topliss-reactive ketones (excluding diaryl/α,β-unsaturated/α-hetero) is 1. The van der Waals surface area contributed by atoms with Gasteiger partial charge in [-0.05, 0) is 24.8 Å². The zero-order valence-electron chi connectivity index (χ0n) is 12.1. The van der Waals surface area contributed by atoms with Gasteiger partial charge in [-0.1, -0.05) is 26.0 Å². The van der Waals surface area contributed by atoms with E-state index in [1.807, 2.05) is 12.1 Å². The maximum absolute atomic E-state index is 11.7. The van der Waals surface area contributed by atoms with E-state index in [0.29, 0.717) is 31.1 Å². The highest BCUT2D eigenvalue weighted by Crippen LogP contribution is 2.30. The third-order valence-electron chi connectivity index (χ3n) is 3.44. The van der Waals surface area contributed by atoms with Crippen molar-refractivity contribution in [1.82, 2.24) is 5.32 Å². The summed E-state index contributed by atoms with van der Waals surface area (Å²) in [6.07, 6.45) is 2.20. The lowest BCUT2D eigenvalue weighted by molar-refractivity contribution is -0.123. The average Bonchev–Trinajstić information content (AvgIpc) is 2.78. The molecular formula is C16H21NO3. The highest BCUT2D eigenvalue weighted by Gasteiger charge is 2.22. The number of nitrogens with one attached hydrogen (secondary N) is 1. The molecule has 0 bridgehead atoms. The standard InChI is InChI=1S/C16H21NO3/c1-11(2)8-9-17-16(19)10-20-15-5-3-4-12-13(15)6-7-14(12)18/h3-5,11H,6-10H2,1-2H3,(H,17,19). The highest BCUT2D eigenvalue weighted by atomic mass is 16.5. The topological polar surface area (TPSA) is 55.4 Å². The molecule has 0 spiro atoms. The molecule has 1 aromatic rings. The number of hydrogen-bond acceptors (Lipinski definition) is 3. The van der Waals surface area contributed by atoms with Crippen LogP contribution in [0.1, 0.15) is 42.6 Å². The van der Waals surface area contributed by atoms with Gasteiger partial charge in [0, 0.05) is 24.1 Å². The van der Waals surface area contributed by atoms with Crippen LogP contribution in [0.3, 0.4) is 0 Å². The molecule has 1 N–H and O–H groups in total. The molecular weight excluding hydrogens is 254 g/mol. The number of ether oxygens (including phenoxy) is 1.